The molecule has 1 aliphatic carbocycles. The summed E-state index contributed by atoms with van der Waals surface area (Å²) < 4.78 is 37.4. The van der Waals surface area contributed by atoms with Crippen molar-refractivity contribution in [2.75, 3.05) is 113 Å². The smallest absolute Gasteiger partial charge is 0.424 e. The standard InChI is InChI=1S/C105H146N16O20S/c1-16-69(8)95(86(136-14)62-90(125)121-50-27-37-85(121)96(137-15)70(9)97(128)111-83(101-107-49-59-142-101)60-71-28-18-17-19-29-71)115(11)102(132)93(67(4)5)113-100(131)94(68(6)7)116(12)104(134)140-64-72-38-40-74(41-39-72)109-98(129)82(35-26-48-108-103(106)133)110-99(130)92(66(2)3)112-87(122)42-43-89(124)120(54-56-139-58-57-138-55-47-91(126)127)75-44-51-118(52-45-75)88(123)46-53-119-76(61-73-30-20-25-36-84(73)119)63-114(10)117(13)105(135)141-65-81-79-33-23-21-31-77(79)78-32-22-24-34-80(78)81/h17-25,28-34,36,38-41,49,59,61,66-70,75,81-83,85-86,92-96H,16,26-27,35,37,42-48,50-58,60,62-65H2,1-15H3,(H,109,129)(H,110,130)(H,111,128)(H,112,122)(H,113,131)(H,126,127)(H3,106,108,133)/t69-,70+,82-,83-,85-,86+,92-,93-,94-,95-,96+/m0/s1. The number of hydrazine groups is 1. The van der Waals surface area contributed by atoms with E-state index in [0.717, 1.165) is 49.4 Å². The number of aryl methyl sites for hydroxylation is 1. The topological polar surface area (TPSA) is 436 Å². The first-order chi connectivity index (χ1) is 68.0. The van der Waals surface area contributed by atoms with Crippen molar-refractivity contribution < 1.29 is 95.9 Å². The van der Waals surface area contributed by atoms with Gasteiger partial charge in [-0.25, -0.2) is 29.4 Å². The van der Waals surface area contributed by atoms with E-state index in [0.29, 0.717) is 76.8 Å². The highest BCUT2D eigenvalue weighted by Crippen LogP contribution is 2.45. The minimum atomic E-state index is -1.23. The predicted octanol–water partition coefficient (Wildman–Crippen LogP) is 11.3. The number of anilines is 1. The van der Waals surface area contributed by atoms with Gasteiger partial charge in [0.05, 0.1) is 82.1 Å². The van der Waals surface area contributed by atoms with Crippen LogP contribution < -0.4 is 37.6 Å². The molecule has 0 saturated carbocycles. The lowest BCUT2D eigenvalue weighted by atomic mass is 9.89. The first-order valence-electron chi connectivity index (χ1n) is 49.4. The number of carbonyl (C=O) groups is 13. The maximum absolute atomic E-state index is 15.0. The van der Waals surface area contributed by atoms with Gasteiger partial charge in [-0.2, -0.15) is 0 Å². The van der Waals surface area contributed by atoms with E-state index in [1.807, 2.05) is 112 Å². The van der Waals surface area contributed by atoms with Gasteiger partial charge < -0.3 is 95.3 Å². The fourth-order valence-corrected chi connectivity index (χ4v) is 19.9. The van der Waals surface area contributed by atoms with Gasteiger partial charge in [-0.1, -0.05) is 178 Å². The zero-order valence-corrected chi connectivity index (χ0v) is 85.5. The van der Waals surface area contributed by atoms with Crippen LogP contribution in [0.25, 0.3) is 22.0 Å². The first-order valence-corrected chi connectivity index (χ1v) is 50.3. The van der Waals surface area contributed by atoms with E-state index in [2.05, 4.69) is 71.8 Å². The predicted molar refractivity (Wildman–Crippen MR) is 538 cm³/mol. The molecule has 7 aromatic rings. The average Bonchev–Trinajstić information content (AvgIpc) is 1.61. The molecule has 142 heavy (non-hydrogen) atoms. The Morgan fingerprint density at radius 3 is 1.91 bits per heavy atom. The number of hydrogen-bond acceptors (Lipinski definition) is 22. The molecular formula is C105H146N16O20S. The monoisotopic (exact) mass is 1980 g/mol. The van der Waals surface area contributed by atoms with Crippen LogP contribution in [0.3, 0.4) is 0 Å². The van der Waals surface area contributed by atoms with Crippen molar-refractivity contribution in [2.45, 2.75) is 232 Å². The number of nitrogens with zero attached hydrogens (tertiary/aromatic N) is 9. The number of nitrogens with one attached hydrogen (secondary N) is 6. The van der Waals surface area contributed by atoms with Crippen LogP contribution >= 0.6 is 11.3 Å². The Hall–Kier alpha value is -12.4. The quantitative estimate of drug-likeness (QED) is 0.0130. The maximum Gasteiger partial charge on any atom is 0.424 e. The van der Waals surface area contributed by atoms with E-state index in [9.17, 15) is 57.5 Å². The Morgan fingerprint density at radius 2 is 1.28 bits per heavy atom. The van der Waals surface area contributed by atoms with Crippen molar-refractivity contribution >= 4 is 105 Å². The van der Waals surface area contributed by atoms with Crippen LogP contribution in [0.15, 0.2) is 145 Å². The van der Waals surface area contributed by atoms with Crippen molar-refractivity contribution in [3.8, 4) is 11.1 Å². The Morgan fingerprint density at radius 1 is 0.627 bits per heavy atom. The molecule has 37 heteroatoms. The molecule has 4 heterocycles. The summed E-state index contributed by atoms with van der Waals surface area (Å²) in [6, 6.07) is 35.2. The van der Waals surface area contributed by atoms with Crippen LogP contribution in [0, 0.1) is 29.6 Å². The third kappa shape index (κ3) is 30.8. The molecule has 0 unspecified atom stereocenters. The van der Waals surface area contributed by atoms with E-state index in [-0.39, 0.29) is 151 Å². The molecule has 36 nitrogen and oxygen atoms in total. The largest absolute Gasteiger partial charge is 0.481 e. The lowest BCUT2D eigenvalue weighted by Gasteiger charge is -2.41. The lowest BCUT2D eigenvalue weighted by molar-refractivity contribution is -0.148. The molecule has 772 valence electrons. The molecule has 2 fully saturated rings. The normalized spacial score (nSPS) is 15.8. The van der Waals surface area contributed by atoms with E-state index in [1.165, 1.54) is 35.4 Å². The van der Waals surface area contributed by atoms with Crippen molar-refractivity contribution in [3.05, 3.63) is 178 Å². The van der Waals surface area contributed by atoms with E-state index in [4.69, 9.17) is 39.3 Å². The third-order valence-corrected chi connectivity index (χ3v) is 28.2. The second-order valence-corrected chi connectivity index (χ2v) is 39.0. The lowest BCUT2D eigenvalue weighted by Crippen LogP contribution is -2.60. The van der Waals surface area contributed by atoms with Crippen LogP contribution in [0.2, 0.25) is 0 Å². The molecule has 0 bridgehead atoms. The van der Waals surface area contributed by atoms with Gasteiger partial charge >= 0.3 is 24.2 Å². The molecule has 5 aromatic carbocycles. The molecule has 2 aromatic heterocycles. The number of carbonyl (C=O) groups excluding carboxylic acids is 12. The Balaban J connectivity index is 0.703. The van der Waals surface area contributed by atoms with Crippen LogP contribution in [0.1, 0.15) is 184 Å². The number of aromatic nitrogens is 2. The summed E-state index contributed by atoms with van der Waals surface area (Å²) in [5.41, 5.74) is 13.5. The summed E-state index contributed by atoms with van der Waals surface area (Å²) in [4.78, 5) is 193. The summed E-state index contributed by atoms with van der Waals surface area (Å²) >= 11 is 1.46. The number of methoxy groups -OCH3 is 2. The van der Waals surface area contributed by atoms with Gasteiger partial charge in [-0.15, -0.1) is 11.3 Å². The van der Waals surface area contributed by atoms with Crippen molar-refractivity contribution in [1.29, 1.82) is 0 Å². The summed E-state index contributed by atoms with van der Waals surface area (Å²) in [5, 5.41) is 33.0. The van der Waals surface area contributed by atoms with Gasteiger partial charge in [-0.05, 0) is 132 Å². The number of benzene rings is 5. The molecule has 0 radical (unpaired) electrons. The molecule has 3 aliphatic rings. The number of likely N-dealkylation sites (tertiary alicyclic amines) is 2. The molecule has 2 aliphatic heterocycles. The summed E-state index contributed by atoms with van der Waals surface area (Å²) in [7, 11) is 9.61. The SMILES string of the molecule is CC[C@H](C)[C@@H]([C@@H](CC(=O)N1CCC[C@H]1[C@H](OC)[C@@H](C)C(=O)N[C@@H](Cc1ccccc1)c1nccs1)OC)N(C)C(=O)[C@@H](NC(=O)[C@H](C(C)C)N(C)C(=O)OCc1ccc(NC(=O)[C@H](CCCNC(N)=O)NC(=O)[C@@H](NC(=O)CCC(=O)N(CCOCCOCCC(=O)O)C2CCN(C(=O)CCn3c(CN(C)N(C)C(=O)OCC4c5ccccc5-c5ccccc54)cc4ccccc43)CC2)C(C)C)cc1)C(C)C. The zero-order valence-electron chi connectivity index (χ0n) is 84.7. The van der Waals surface area contributed by atoms with Gasteiger partial charge in [0.2, 0.25) is 53.2 Å². The van der Waals surface area contributed by atoms with Crippen LogP contribution in [0.4, 0.5) is 20.1 Å². The highest BCUT2D eigenvalue weighted by atomic mass is 32.1. The highest BCUT2D eigenvalue weighted by molar-refractivity contribution is 7.09. The molecule has 11 atom stereocenters. The number of piperidine rings is 1. The number of fused-ring (bicyclic) bond motifs is 4. The third-order valence-electron chi connectivity index (χ3n) is 27.3. The number of para-hydroxylation sites is 1. The number of amides is 13. The number of likely N-dealkylation sites (N-methyl/N-ethyl adjacent to an activating group) is 2. The molecule has 9 N–H and O–H groups in total. The molecular weight excluding hydrogens is 1840 g/mol. The zero-order chi connectivity index (χ0) is 103. The van der Waals surface area contributed by atoms with Crippen molar-refractivity contribution in [1.82, 2.24) is 70.7 Å². The number of nitrogens with two attached hydrogens (primary N) is 1. The summed E-state index contributed by atoms with van der Waals surface area (Å²) in [6.07, 6.45) is 1.63. The van der Waals surface area contributed by atoms with E-state index < -0.39 is 126 Å². The Bertz CT molecular complexity index is 5300. The summed E-state index contributed by atoms with van der Waals surface area (Å²) in [5.74, 6) is -7.37. The molecule has 2 saturated heterocycles. The van der Waals surface area contributed by atoms with Gasteiger partial charge in [0.1, 0.15) is 42.4 Å². The van der Waals surface area contributed by atoms with Gasteiger partial charge in [0, 0.05) is 141 Å². The fourth-order valence-electron chi connectivity index (χ4n) is 19.2. The molecule has 13 amide bonds. The van der Waals surface area contributed by atoms with Crippen molar-refractivity contribution in [3.63, 3.8) is 0 Å². The fraction of sp³-hybridized carbons (Fsp3) is 0.543. The number of primary amides is 1. The maximum atomic E-state index is 15.0. The van der Waals surface area contributed by atoms with Gasteiger partial charge in [-0.3, -0.25) is 52.8 Å². The van der Waals surface area contributed by atoms with E-state index >= 15 is 4.79 Å². The van der Waals surface area contributed by atoms with Gasteiger partial charge in [0.15, 0.2) is 0 Å². The number of urea groups is 1. The van der Waals surface area contributed by atoms with E-state index in [1.54, 1.807) is 118 Å². The number of hydrogen-bond donors (Lipinski definition) is 8. The van der Waals surface area contributed by atoms with Crippen LogP contribution in [0.5, 0.6) is 0 Å². The van der Waals surface area contributed by atoms with Crippen LogP contribution in [-0.4, -0.2) is 289 Å². The summed E-state index contributed by atoms with van der Waals surface area (Å²) in [6.45, 7) is 18.4. The Labute approximate surface area is 837 Å². The second-order valence-electron chi connectivity index (χ2n) is 38.1. The minimum Gasteiger partial charge on any atom is -0.481 e. The minimum absolute atomic E-state index is 0.00284. The van der Waals surface area contributed by atoms with Gasteiger partial charge in [0.25, 0.3) is 0 Å². The Kier molecular flexibility index (Phi) is 43.0. The second kappa shape index (κ2) is 54.7. The van der Waals surface area contributed by atoms with Crippen molar-refractivity contribution in [2.24, 2.45) is 35.3 Å². The number of aliphatic carboxylic acids is 1. The number of thiazole rings is 1. The highest BCUT2D eigenvalue weighted by Gasteiger charge is 2.45. The number of carboxylic acids is 1. The molecule has 0 spiro atoms. The number of ether oxygens (including phenoxy) is 6. The first kappa shape index (κ1) is 112. The average molecular weight is 1980 g/mol. The number of carboxylic acid groups (broad SMARTS) is 1. The van der Waals surface area contributed by atoms with Crippen LogP contribution in [-0.2, 0) is 102 Å². The molecule has 10 rings (SSSR count). The number of rotatable bonds is 54.